The Hall–Kier alpha value is -2.61. The summed E-state index contributed by atoms with van der Waals surface area (Å²) in [5, 5.41) is 5.82. The van der Waals surface area contributed by atoms with E-state index in [4.69, 9.17) is 0 Å². The van der Waals surface area contributed by atoms with Crippen LogP contribution < -0.4 is 16.2 Å². The van der Waals surface area contributed by atoms with Crippen LogP contribution >= 0.6 is 11.8 Å². The molecule has 26 heavy (non-hydrogen) atoms. The van der Waals surface area contributed by atoms with Crippen LogP contribution in [0.15, 0.2) is 46.9 Å². The first-order chi connectivity index (χ1) is 12.2. The highest BCUT2D eigenvalue weighted by molar-refractivity contribution is 7.99. The summed E-state index contributed by atoms with van der Waals surface area (Å²) in [6.45, 7) is 9.40. The van der Waals surface area contributed by atoms with Gasteiger partial charge in [0.2, 0.25) is 5.91 Å². The number of carbonyl (C=O) groups excluding carboxylic acids is 2. The number of allylic oxidation sites excluding steroid dienone is 1. The SMILES string of the molecule is C=CCn1c(SCC(=O)NC(=O)NC(C)(C)C)nc2ccccc2c1=O. The van der Waals surface area contributed by atoms with Crippen LogP contribution in [-0.4, -0.2) is 32.8 Å². The number of rotatable bonds is 5. The van der Waals surface area contributed by atoms with Gasteiger partial charge in [-0.15, -0.1) is 6.58 Å². The first-order valence-corrected chi connectivity index (χ1v) is 9.05. The van der Waals surface area contributed by atoms with Crippen LogP contribution in [0.4, 0.5) is 4.79 Å². The molecule has 3 amide bonds. The molecule has 0 saturated heterocycles. The van der Waals surface area contributed by atoms with Gasteiger partial charge < -0.3 is 5.32 Å². The lowest BCUT2D eigenvalue weighted by Gasteiger charge is -2.20. The average molecular weight is 374 g/mol. The van der Waals surface area contributed by atoms with Gasteiger partial charge in [0.05, 0.1) is 16.7 Å². The summed E-state index contributed by atoms with van der Waals surface area (Å²) < 4.78 is 1.46. The Morgan fingerprint density at radius 2 is 2.00 bits per heavy atom. The van der Waals surface area contributed by atoms with Crippen molar-refractivity contribution in [3.63, 3.8) is 0 Å². The third kappa shape index (κ3) is 5.19. The predicted molar refractivity (Wildman–Crippen MR) is 103 cm³/mol. The molecule has 0 aliphatic carbocycles. The van der Waals surface area contributed by atoms with Gasteiger partial charge >= 0.3 is 6.03 Å². The number of amides is 3. The van der Waals surface area contributed by atoms with Gasteiger partial charge in [0.25, 0.3) is 5.56 Å². The van der Waals surface area contributed by atoms with Crippen LogP contribution in [0.2, 0.25) is 0 Å². The van der Waals surface area contributed by atoms with Crippen LogP contribution in [0.1, 0.15) is 20.8 Å². The third-order valence-electron chi connectivity index (χ3n) is 3.21. The van der Waals surface area contributed by atoms with Crippen LogP contribution in [0.3, 0.4) is 0 Å². The van der Waals surface area contributed by atoms with Crippen LogP contribution in [0, 0.1) is 0 Å². The quantitative estimate of drug-likeness (QED) is 0.476. The summed E-state index contributed by atoms with van der Waals surface area (Å²) in [5.41, 5.74) is -0.0722. The molecule has 2 rings (SSSR count). The Kier molecular flexibility index (Phi) is 6.20. The minimum absolute atomic E-state index is 0.0422. The van der Waals surface area contributed by atoms with E-state index in [0.717, 1.165) is 11.8 Å². The molecule has 1 aromatic carbocycles. The highest BCUT2D eigenvalue weighted by atomic mass is 32.2. The van der Waals surface area contributed by atoms with Crippen molar-refractivity contribution in [3.05, 3.63) is 47.3 Å². The maximum Gasteiger partial charge on any atom is 0.321 e. The molecule has 0 aliphatic rings. The number of aromatic nitrogens is 2. The topological polar surface area (TPSA) is 93.1 Å². The lowest BCUT2D eigenvalue weighted by Crippen LogP contribution is -2.48. The molecular weight excluding hydrogens is 352 g/mol. The minimum atomic E-state index is -0.557. The van der Waals surface area contributed by atoms with Gasteiger partial charge in [-0.3, -0.25) is 19.5 Å². The van der Waals surface area contributed by atoms with Crippen molar-refractivity contribution in [2.24, 2.45) is 0 Å². The highest BCUT2D eigenvalue weighted by Gasteiger charge is 2.17. The van der Waals surface area contributed by atoms with Crippen molar-refractivity contribution in [3.8, 4) is 0 Å². The minimum Gasteiger partial charge on any atom is -0.333 e. The number of thioether (sulfide) groups is 1. The monoisotopic (exact) mass is 374 g/mol. The number of imide groups is 1. The molecule has 0 radical (unpaired) electrons. The summed E-state index contributed by atoms with van der Waals surface area (Å²) in [6.07, 6.45) is 1.60. The summed E-state index contributed by atoms with van der Waals surface area (Å²) in [5.74, 6) is -0.510. The molecule has 7 nitrogen and oxygen atoms in total. The molecule has 1 aromatic heterocycles. The Balaban J connectivity index is 2.16. The number of nitrogens with zero attached hydrogens (tertiary/aromatic N) is 2. The van der Waals surface area contributed by atoms with E-state index in [-0.39, 0.29) is 17.9 Å². The van der Waals surface area contributed by atoms with Gasteiger partial charge in [-0.05, 0) is 32.9 Å². The highest BCUT2D eigenvalue weighted by Crippen LogP contribution is 2.17. The Morgan fingerprint density at radius 3 is 2.65 bits per heavy atom. The summed E-state index contributed by atoms with van der Waals surface area (Å²) in [7, 11) is 0. The molecular formula is C18H22N4O3S. The molecule has 0 saturated carbocycles. The molecule has 0 atom stereocenters. The van der Waals surface area contributed by atoms with Crippen molar-refractivity contribution in [2.75, 3.05) is 5.75 Å². The molecule has 2 aromatic rings. The molecule has 0 unspecified atom stereocenters. The van der Waals surface area contributed by atoms with E-state index in [9.17, 15) is 14.4 Å². The molecule has 1 heterocycles. The zero-order valence-electron chi connectivity index (χ0n) is 15.0. The fourth-order valence-corrected chi connectivity index (χ4v) is 3.02. The molecule has 0 bridgehead atoms. The lowest BCUT2D eigenvalue weighted by atomic mass is 10.1. The number of urea groups is 1. The van der Waals surface area contributed by atoms with Crippen LogP contribution in [-0.2, 0) is 11.3 Å². The van der Waals surface area contributed by atoms with Gasteiger partial charge in [-0.25, -0.2) is 9.78 Å². The van der Waals surface area contributed by atoms with E-state index in [1.54, 1.807) is 30.3 Å². The van der Waals surface area contributed by atoms with E-state index in [2.05, 4.69) is 22.2 Å². The molecule has 138 valence electrons. The number of para-hydroxylation sites is 1. The van der Waals surface area contributed by atoms with E-state index >= 15 is 0 Å². The lowest BCUT2D eigenvalue weighted by molar-refractivity contribution is -0.117. The molecule has 0 spiro atoms. The summed E-state index contributed by atoms with van der Waals surface area (Å²) >= 11 is 1.10. The largest absolute Gasteiger partial charge is 0.333 e. The normalized spacial score (nSPS) is 11.2. The number of hydrogen-bond donors (Lipinski definition) is 2. The second-order valence-corrected chi connectivity index (χ2v) is 7.60. The zero-order valence-corrected chi connectivity index (χ0v) is 15.9. The number of hydrogen-bond acceptors (Lipinski definition) is 5. The van der Waals surface area contributed by atoms with Crippen molar-refractivity contribution in [1.82, 2.24) is 20.2 Å². The van der Waals surface area contributed by atoms with E-state index in [0.29, 0.717) is 16.1 Å². The number of carbonyl (C=O) groups is 2. The third-order valence-corrected chi connectivity index (χ3v) is 4.19. The summed E-state index contributed by atoms with van der Waals surface area (Å²) in [4.78, 5) is 40.8. The second kappa shape index (κ2) is 8.18. The van der Waals surface area contributed by atoms with Gasteiger partial charge in [-0.2, -0.15) is 0 Å². The van der Waals surface area contributed by atoms with Crippen molar-refractivity contribution in [2.45, 2.75) is 38.0 Å². The van der Waals surface area contributed by atoms with E-state index < -0.39 is 17.5 Å². The molecule has 0 aliphatic heterocycles. The van der Waals surface area contributed by atoms with Gasteiger partial charge in [0.1, 0.15) is 0 Å². The van der Waals surface area contributed by atoms with E-state index in [1.807, 2.05) is 20.8 Å². The second-order valence-electron chi connectivity index (χ2n) is 6.66. The Bertz CT molecular complexity index is 899. The summed E-state index contributed by atoms with van der Waals surface area (Å²) in [6, 6.07) is 6.47. The number of benzene rings is 1. The van der Waals surface area contributed by atoms with Gasteiger partial charge in [-0.1, -0.05) is 30.0 Å². The standard InChI is InChI=1S/C18H22N4O3S/c1-5-10-22-15(24)12-8-6-7-9-13(12)19-17(22)26-11-14(23)20-16(25)21-18(2,3)4/h5-9H,1,10-11H2,2-4H3,(H2,20,21,23,25). The smallest absolute Gasteiger partial charge is 0.321 e. The first-order valence-electron chi connectivity index (χ1n) is 8.06. The fourth-order valence-electron chi connectivity index (χ4n) is 2.21. The number of nitrogens with one attached hydrogen (secondary N) is 2. The van der Waals surface area contributed by atoms with Gasteiger partial charge in [0.15, 0.2) is 5.16 Å². The number of fused-ring (bicyclic) bond motifs is 1. The predicted octanol–water partition coefficient (Wildman–Crippen LogP) is 2.30. The maximum absolute atomic E-state index is 12.6. The van der Waals surface area contributed by atoms with E-state index in [1.165, 1.54) is 4.57 Å². The average Bonchev–Trinajstić information content (AvgIpc) is 2.54. The molecule has 0 fully saturated rings. The van der Waals surface area contributed by atoms with Crippen molar-refractivity contribution >= 4 is 34.6 Å². The molecule has 2 N–H and O–H groups in total. The Labute approximate surface area is 155 Å². The van der Waals surface area contributed by atoms with Crippen LogP contribution in [0.25, 0.3) is 10.9 Å². The molecule has 8 heteroatoms. The Morgan fingerprint density at radius 1 is 1.31 bits per heavy atom. The first kappa shape index (κ1) is 19.7. The van der Waals surface area contributed by atoms with Crippen LogP contribution in [0.5, 0.6) is 0 Å². The van der Waals surface area contributed by atoms with Crippen molar-refractivity contribution < 1.29 is 9.59 Å². The van der Waals surface area contributed by atoms with Crippen molar-refractivity contribution in [1.29, 1.82) is 0 Å². The maximum atomic E-state index is 12.6. The van der Waals surface area contributed by atoms with Gasteiger partial charge in [0, 0.05) is 12.1 Å². The zero-order chi connectivity index (χ0) is 19.3. The fraction of sp³-hybridized carbons (Fsp3) is 0.333.